The zero-order valence-electron chi connectivity index (χ0n) is 8.21. The van der Waals surface area contributed by atoms with E-state index in [4.69, 9.17) is 12.2 Å². The van der Waals surface area contributed by atoms with Crippen molar-refractivity contribution in [3.63, 3.8) is 0 Å². The van der Waals surface area contributed by atoms with Crippen LogP contribution >= 0.6 is 44.1 Å². The van der Waals surface area contributed by atoms with Gasteiger partial charge in [0.2, 0.25) is 0 Å². The summed E-state index contributed by atoms with van der Waals surface area (Å²) >= 11 is 11.9. The Morgan fingerprint density at radius 2 is 2.12 bits per heavy atom. The zero-order valence-corrected chi connectivity index (χ0v) is 12.2. The van der Waals surface area contributed by atoms with Crippen LogP contribution in [-0.4, -0.2) is 9.97 Å². The predicted molar refractivity (Wildman–Crippen MR) is 74.1 cm³/mol. The SMILES string of the molecule is S=c1[nH]c(Cc2cccc(Br)c2)ncc1Br. The Balaban J connectivity index is 2.27. The van der Waals surface area contributed by atoms with E-state index < -0.39 is 0 Å². The molecule has 0 atom stereocenters. The van der Waals surface area contributed by atoms with Crippen LogP contribution in [0, 0.1) is 4.64 Å². The third-order valence-corrected chi connectivity index (χ3v) is 3.75. The van der Waals surface area contributed by atoms with Gasteiger partial charge in [0.05, 0.1) is 4.47 Å². The van der Waals surface area contributed by atoms with Gasteiger partial charge >= 0.3 is 0 Å². The lowest BCUT2D eigenvalue weighted by molar-refractivity contribution is 0.953. The Kier molecular flexibility index (Phi) is 3.89. The molecule has 5 heteroatoms. The molecule has 1 heterocycles. The molecule has 0 aliphatic carbocycles. The Morgan fingerprint density at radius 1 is 1.31 bits per heavy atom. The van der Waals surface area contributed by atoms with E-state index >= 15 is 0 Å². The molecule has 1 N–H and O–H groups in total. The minimum atomic E-state index is 0.681. The lowest BCUT2D eigenvalue weighted by Gasteiger charge is -2.02. The summed E-state index contributed by atoms with van der Waals surface area (Å²) in [5.74, 6) is 0.867. The van der Waals surface area contributed by atoms with E-state index in [0.29, 0.717) is 4.64 Å². The van der Waals surface area contributed by atoms with Gasteiger partial charge in [-0.15, -0.1) is 0 Å². The fourth-order valence-corrected chi connectivity index (χ4v) is 2.17. The molecule has 0 fully saturated rings. The van der Waals surface area contributed by atoms with Gasteiger partial charge in [0.25, 0.3) is 0 Å². The molecule has 1 aromatic heterocycles. The second-order valence-electron chi connectivity index (χ2n) is 3.31. The van der Waals surface area contributed by atoms with Gasteiger partial charge in [-0.1, -0.05) is 40.3 Å². The van der Waals surface area contributed by atoms with Gasteiger partial charge in [-0.05, 0) is 33.6 Å². The van der Waals surface area contributed by atoms with Crippen LogP contribution in [-0.2, 0) is 6.42 Å². The fourth-order valence-electron chi connectivity index (χ4n) is 1.35. The molecule has 2 nitrogen and oxygen atoms in total. The highest BCUT2D eigenvalue weighted by atomic mass is 79.9. The Labute approximate surface area is 115 Å². The lowest BCUT2D eigenvalue weighted by atomic mass is 10.1. The smallest absolute Gasteiger partial charge is 0.120 e. The maximum atomic E-state index is 5.13. The summed E-state index contributed by atoms with van der Waals surface area (Å²) in [5, 5.41) is 0. The third kappa shape index (κ3) is 2.99. The number of halogens is 2. The average molecular weight is 360 g/mol. The van der Waals surface area contributed by atoms with Crippen LogP contribution in [0.3, 0.4) is 0 Å². The summed E-state index contributed by atoms with van der Waals surface area (Å²) in [6, 6.07) is 8.14. The topological polar surface area (TPSA) is 28.7 Å². The molecule has 2 rings (SSSR count). The number of nitrogens with zero attached hydrogens (tertiary/aromatic N) is 1. The summed E-state index contributed by atoms with van der Waals surface area (Å²) in [4.78, 5) is 7.36. The molecule has 0 saturated carbocycles. The van der Waals surface area contributed by atoms with Gasteiger partial charge in [-0.25, -0.2) is 4.98 Å². The molecule has 82 valence electrons. The second-order valence-corrected chi connectivity index (χ2v) is 5.49. The molecule has 16 heavy (non-hydrogen) atoms. The molecule has 0 saturated heterocycles. The van der Waals surface area contributed by atoms with E-state index in [9.17, 15) is 0 Å². The first kappa shape index (κ1) is 12.0. The molecule has 0 amide bonds. The number of aromatic nitrogens is 2. The molecular formula is C11H8Br2N2S. The van der Waals surface area contributed by atoms with Crippen LogP contribution < -0.4 is 0 Å². The Hall–Kier alpha value is -0.520. The van der Waals surface area contributed by atoms with Crippen LogP contribution in [0.2, 0.25) is 0 Å². The summed E-state index contributed by atoms with van der Waals surface area (Å²) in [5.41, 5.74) is 1.19. The van der Waals surface area contributed by atoms with Crippen LogP contribution in [0.5, 0.6) is 0 Å². The summed E-state index contributed by atoms with van der Waals surface area (Å²) in [7, 11) is 0. The van der Waals surface area contributed by atoms with E-state index in [1.807, 2.05) is 12.1 Å². The van der Waals surface area contributed by atoms with Crippen molar-refractivity contribution >= 4 is 44.1 Å². The lowest BCUT2D eigenvalue weighted by Crippen LogP contribution is -1.96. The van der Waals surface area contributed by atoms with Gasteiger partial charge < -0.3 is 4.98 Å². The van der Waals surface area contributed by atoms with Crippen LogP contribution in [0.4, 0.5) is 0 Å². The fraction of sp³-hybridized carbons (Fsp3) is 0.0909. The van der Waals surface area contributed by atoms with E-state index in [2.05, 4.69) is 54.0 Å². The number of rotatable bonds is 2. The monoisotopic (exact) mass is 358 g/mol. The van der Waals surface area contributed by atoms with Crippen molar-refractivity contribution in [1.82, 2.24) is 9.97 Å². The van der Waals surface area contributed by atoms with Crippen molar-refractivity contribution in [2.45, 2.75) is 6.42 Å². The van der Waals surface area contributed by atoms with Gasteiger partial charge in [-0.2, -0.15) is 0 Å². The van der Waals surface area contributed by atoms with E-state index in [1.54, 1.807) is 6.20 Å². The Bertz CT molecular complexity index is 566. The van der Waals surface area contributed by atoms with E-state index in [1.165, 1.54) is 5.56 Å². The predicted octanol–water partition coefficient (Wildman–Crippen LogP) is 4.25. The first-order valence-corrected chi connectivity index (χ1v) is 6.63. The van der Waals surface area contributed by atoms with Crippen molar-refractivity contribution < 1.29 is 0 Å². The molecule has 0 unspecified atom stereocenters. The number of aromatic amines is 1. The van der Waals surface area contributed by atoms with Crippen molar-refractivity contribution in [1.29, 1.82) is 0 Å². The van der Waals surface area contributed by atoms with Gasteiger partial charge in [-0.3, -0.25) is 0 Å². The molecule has 1 aromatic carbocycles. The third-order valence-electron chi connectivity index (χ3n) is 2.07. The van der Waals surface area contributed by atoms with Crippen molar-refractivity contribution in [3.05, 3.63) is 55.4 Å². The van der Waals surface area contributed by atoms with Gasteiger partial charge in [0.15, 0.2) is 0 Å². The van der Waals surface area contributed by atoms with Crippen LogP contribution in [0.1, 0.15) is 11.4 Å². The maximum Gasteiger partial charge on any atom is 0.120 e. The first-order chi connectivity index (χ1) is 7.65. The molecule has 0 aliphatic heterocycles. The molecule has 0 aliphatic rings. The summed E-state index contributed by atoms with van der Waals surface area (Å²) in [6.07, 6.45) is 2.47. The molecule has 0 bridgehead atoms. The number of nitrogens with one attached hydrogen (secondary N) is 1. The quantitative estimate of drug-likeness (QED) is 0.811. The van der Waals surface area contributed by atoms with Crippen LogP contribution in [0.15, 0.2) is 39.4 Å². The van der Waals surface area contributed by atoms with Crippen molar-refractivity contribution in [2.24, 2.45) is 0 Å². The zero-order chi connectivity index (χ0) is 11.5. The first-order valence-electron chi connectivity index (χ1n) is 4.63. The minimum absolute atomic E-state index is 0.681. The highest BCUT2D eigenvalue weighted by Gasteiger charge is 2.00. The van der Waals surface area contributed by atoms with Gasteiger partial charge in [0, 0.05) is 17.1 Å². The molecular weight excluding hydrogens is 352 g/mol. The van der Waals surface area contributed by atoms with Crippen molar-refractivity contribution in [3.8, 4) is 0 Å². The normalized spacial score (nSPS) is 10.4. The average Bonchev–Trinajstić information content (AvgIpc) is 2.24. The number of hydrogen-bond donors (Lipinski definition) is 1. The van der Waals surface area contributed by atoms with Gasteiger partial charge in [0.1, 0.15) is 10.5 Å². The van der Waals surface area contributed by atoms with E-state index in [0.717, 1.165) is 21.2 Å². The largest absolute Gasteiger partial charge is 0.334 e. The molecule has 0 radical (unpaired) electrons. The summed E-state index contributed by atoms with van der Waals surface area (Å²) < 4.78 is 2.57. The minimum Gasteiger partial charge on any atom is -0.334 e. The summed E-state index contributed by atoms with van der Waals surface area (Å²) in [6.45, 7) is 0. The van der Waals surface area contributed by atoms with Crippen molar-refractivity contribution in [2.75, 3.05) is 0 Å². The van der Waals surface area contributed by atoms with Crippen LogP contribution in [0.25, 0.3) is 0 Å². The standard InChI is InChI=1S/C11H8Br2N2S/c12-8-3-1-2-7(4-8)5-10-14-6-9(13)11(16)15-10/h1-4,6H,5H2,(H,14,15,16). The van der Waals surface area contributed by atoms with E-state index in [-0.39, 0.29) is 0 Å². The number of hydrogen-bond acceptors (Lipinski definition) is 2. The number of H-pyrrole nitrogens is 1. The Morgan fingerprint density at radius 3 is 2.81 bits per heavy atom. The highest BCUT2D eigenvalue weighted by molar-refractivity contribution is 9.10. The second kappa shape index (κ2) is 5.21. The molecule has 2 aromatic rings. The number of benzene rings is 1. The molecule has 0 spiro atoms. The highest BCUT2D eigenvalue weighted by Crippen LogP contribution is 2.15. The maximum absolute atomic E-state index is 5.13.